The maximum atomic E-state index is 9.99. The van der Waals surface area contributed by atoms with Crippen LogP contribution in [0.5, 0.6) is 0 Å². The molecule has 0 spiro atoms. The van der Waals surface area contributed by atoms with Crippen LogP contribution in [0.2, 0.25) is 0 Å². The van der Waals surface area contributed by atoms with Crippen molar-refractivity contribution in [2.45, 2.75) is 31.4 Å². The van der Waals surface area contributed by atoms with Crippen LogP contribution in [0, 0.1) is 11.8 Å². The van der Waals surface area contributed by atoms with Crippen molar-refractivity contribution in [1.82, 2.24) is 19.5 Å². The Morgan fingerprint density at radius 2 is 2.16 bits per heavy atom. The number of aryl methyl sites for hydroxylation is 1. The zero-order valence-electron chi connectivity index (χ0n) is 10.8. The summed E-state index contributed by atoms with van der Waals surface area (Å²) in [4.78, 5) is 12.9. The smallest absolute Gasteiger partial charge is 0.165 e. The topological polar surface area (TPSA) is 75.9 Å². The normalized spacial score (nSPS) is 33.2. The fraction of sp³-hybridized carbons (Fsp3) is 0.615. The van der Waals surface area contributed by atoms with Gasteiger partial charge in [-0.25, -0.2) is 15.0 Å². The van der Waals surface area contributed by atoms with Crippen molar-refractivity contribution < 1.29 is 5.11 Å². The Morgan fingerprint density at radius 3 is 2.95 bits per heavy atom. The third-order valence-corrected chi connectivity index (χ3v) is 4.60. The Labute approximate surface area is 110 Å². The molecule has 2 fully saturated rings. The van der Waals surface area contributed by atoms with Crippen molar-refractivity contribution in [3.63, 3.8) is 0 Å². The number of nitrogens with one attached hydrogen (secondary N) is 1. The van der Waals surface area contributed by atoms with E-state index >= 15 is 0 Å². The standard InChI is InChI=1S/C13H17N5O/c1-18-6-16-11-12(14-5-15-13(11)18)17-9-3-7-2-8(9)10(19)4-7/h5-10,19H,2-4H2,1H3,(H,14,15,17)/t7-,8+,9-,10+/m0/s1. The minimum absolute atomic E-state index is 0.155. The molecule has 4 rings (SSSR count). The van der Waals surface area contributed by atoms with Gasteiger partial charge in [0.1, 0.15) is 11.8 Å². The fourth-order valence-corrected chi connectivity index (χ4v) is 3.71. The van der Waals surface area contributed by atoms with Crippen LogP contribution in [0.3, 0.4) is 0 Å². The number of hydrogen-bond acceptors (Lipinski definition) is 5. The van der Waals surface area contributed by atoms with E-state index in [1.54, 1.807) is 12.7 Å². The molecule has 2 aromatic rings. The molecule has 0 aliphatic heterocycles. The molecule has 2 aromatic heterocycles. The van der Waals surface area contributed by atoms with E-state index in [0.717, 1.165) is 36.2 Å². The predicted molar refractivity (Wildman–Crippen MR) is 70.6 cm³/mol. The number of fused-ring (bicyclic) bond motifs is 3. The number of hydrogen-bond donors (Lipinski definition) is 2. The van der Waals surface area contributed by atoms with Crippen LogP contribution in [-0.2, 0) is 7.05 Å². The first kappa shape index (κ1) is 11.2. The molecule has 2 saturated carbocycles. The highest BCUT2D eigenvalue weighted by Crippen LogP contribution is 2.45. The average Bonchev–Trinajstić information content (AvgIpc) is 3.05. The van der Waals surface area contributed by atoms with Gasteiger partial charge in [-0.1, -0.05) is 0 Å². The Bertz CT molecular complexity index is 625. The van der Waals surface area contributed by atoms with Crippen LogP contribution in [-0.4, -0.2) is 36.8 Å². The van der Waals surface area contributed by atoms with Gasteiger partial charge in [0.05, 0.1) is 12.4 Å². The second kappa shape index (κ2) is 3.90. The molecule has 6 nitrogen and oxygen atoms in total. The molecule has 4 atom stereocenters. The molecule has 2 bridgehead atoms. The maximum absolute atomic E-state index is 9.99. The lowest BCUT2D eigenvalue weighted by atomic mass is 9.93. The first-order valence-electron chi connectivity index (χ1n) is 6.79. The van der Waals surface area contributed by atoms with Gasteiger partial charge >= 0.3 is 0 Å². The first-order chi connectivity index (χ1) is 9.22. The number of aliphatic hydroxyl groups is 1. The Hall–Kier alpha value is -1.69. The molecule has 2 aliphatic carbocycles. The molecule has 0 saturated heterocycles. The largest absolute Gasteiger partial charge is 0.393 e. The predicted octanol–water partition coefficient (Wildman–Crippen LogP) is 0.935. The van der Waals surface area contributed by atoms with Crippen molar-refractivity contribution in [3.8, 4) is 0 Å². The quantitative estimate of drug-likeness (QED) is 0.839. The lowest BCUT2D eigenvalue weighted by Gasteiger charge is -2.27. The summed E-state index contributed by atoms with van der Waals surface area (Å²) in [5, 5.41) is 13.5. The van der Waals surface area contributed by atoms with Gasteiger partial charge in [-0.3, -0.25) is 0 Å². The lowest BCUT2D eigenvalue weighted by Crippen LogP contribution is -2.34. The number of rotatable bonds is 2. The van der Waals surface area contributed by atoms with Gasteiger partial charge in [0.2, 0.25) is 0 Å². The number of aliphatic hydroxyl groups excluding tert-OH is 1. The summed E-state index contributed by atoms with van der Waals surface area (Å²) in [6.45, 7) is 0. The fourth-order valence-electron chi connectivity index (χ4n) is 3.71. The minimum atomic E-state index is -0.155. The number of nitrogens with zero attached hydrogens (tertiary/aromatic N) is 4. The van der Waals surface area contributed by atoms with Gasteiger partial charge in [-0.05, 0) is 25.2 Å². The molecular formula is C13H17N5O. The highest BCUT2D eigenvalue weighted by Gasteiger charge is 2.45. The third-order valence-electron chi connectivity index (χ3n) is 4.60. The van der Waals surface area contributed by atoms with Crippen LogP contribution in [0.4, 0.5) is 5.82 Å². The van der Waals surface area contributed by atoms with Crippen molar-refractivity contribution in [1.29, 1.82) is 0 Å². The van der Waals surface area contributed by atoms with Crippen molar-refractivity contribution >= 4 is 17.0 Å². The molecule has 100 valence electrons. The Balaban J connectivity index is 1.65. The zero-order chi connectivity index (χ0) is 13.0. The van der Waals surface area contributed by atoms with Gasteiger partial charge < -0.3 is 15.0 Å². The summed E-state index contributed by atoms with van der Waals surface area (Å²) < 4.78 is 1.89. The summed E-state index contributed by atoms with van der Waals surface area (Å²) in [6, 6.07) is 0.314. The molecular weight excluding hydrogens is 242 g/mol. The van der Waals surface area contributed by atoms with Crippen LogP contribution >= 0.6 is 0 Å². The summed E-state index contributed by atoms with van der Waals surface area (Å²) in [5.41, 5.74) is 1.64. The molecule has 19 heavy (non-hydrogen) atoms. The van der Waals surface area contributed by atoms with Gasteiger partial charge in [0.15, 0.2) is 11.5 Å². The second-order valence-electron chi connectivity index (χ2n) is 5.81. The van der Waals surface area contributed by atoms with E-state index in [0.29, 0.717) is 17.9 Å². The molecule has 0 amide bonds. The van der Waals surface area contributed by atoms with Gasteiger partial charge in [-0.15, -0.1) is 0 Å². The Kier molecular flexibility index (Phi) is 2.29. The number of imidazole rings is 1. The zero-order valence-corrected chi connectivity index (χ0v) is 10.8. The second-order valence-corrected chi connectivity index (χ2v) is 5.81. The van der Waals surface area contributed by atoms with Crippen LogP contribution in [0.25, 0.3) is 11.2 Å². The van der Waals surface area contributed by atoms with E-state index in [2.05, 4.69) is 20.3 Å². The van der Waals surface area contributed by atoms with E-state index in [4.69, 9.17) is 0 Å². The molecule has 2 N–H and O–H groups in total. The van der Waals surface area contributed by atoms with Crippen LogP contribution < -0.4 is 5.32 Å². The third kappa shape index (κ3) is 1.63. The van der Waals surface area contributed by atoms with Crippen molar-refractivity contribution in [2.75, 3.05) is 5.32 Å². The van der Waals surface area contributed by atoms with E-state index in [1.165, 1.54) is 0 Å². The van der Waals surface area contributed by atoms with Crippen LogP contribution in [0.15, 0.2) is 12.7 Å². The molecule has 0 unspecified atom stereocenters. The van der Waals surface area contributed by atoms with Crippen molar-refractivity contribution in [3.05, 3.63) is 12.7 Å². The summed E-state index contributed by atoms with van der Waals surface area (Å²) >= 11 is 0. The lowest BCUT2D eigenvalue weighted by molar-refractivity contribution is 0.107. The number of anilines is 1. The van der Waals surface area contributed by atoms with E-state index < -0.39 is 0 Å². The van der Waals surface area contributed by atoms with Crippen LogP contribution in [0.1, 0.15) is 19.3 Å². The van der Waals surface area contributed by atoms with Gasteiger partial charge in [-0.2, -0.15) is 0 Å². The summed E-state index contributed by atoms with van der Waals surface area (Å²) in [7, 11) is 1.92. The Morgan fingerprint density at radius 1 is 1.26 bits per heavy atom. The molecule has 0 aromatic carbocycles. The minimum Gasteiger partial charge on any atom is -0.393 e. The molecule has 2 aliphatic rings. The molecule has 6 heteroatoms. The summed E-state index contributed by atoms with van der Waals surface area (Å²) in [5.74, 6) is 1.81. The maximum Gasteiger partial charge on any atom is 0.165 e. The van der Waals surface area contributed by atoms with E-state index in [1.807, 2.05) is 11.6 Å². The van der Waals surface area contributed by atoms with E-state index in [9.17, 15) is 5.11 Å². The molecule has 0 radical (unpaired) electrons. The first-order valence-corrected chi connectivity index (χ1v) is 6.79. The SMILES string of the molecule is Cn1cnc2c(N[C@H]3C[C@@H]4C[C@H]3[C@H](O)C4)ncnc21. The van der Waals surface area contributed by atoms with Gasteiger partial charge in [0.25, 0.3) is 0 Å². The van der Waals surface area contributed by atoms with E-state index in [-0.39, 0.29) is 6.10 Å². The van der Waals surface area contributed by atoms with Gasteiger partial charge in [0, 0.05) is 19.0 Å². The highest BCUT2D eigenvalue weighted by atomic mass is 16.3. The van der Waals surface area contributed by atoms with Crippen molar-refractivity contribution in [2.24, 2.45) is 18.9 Å². The number of aromatic nitrogens is 4. The average molecular weight is 259 g/mol. The highest BCUT2D eigenvalue weighted by molar-refractivity contribution is 5.82. The summed E-state index contributed by atoms with van der Waals surface area (Å²) in [6.07, 6.45) is 6.38. The molecule has 2 heterocycles. The monoisotopic (exact) mass is 259 g/mol.